The highest BCUT2D eigenvalue weighted by molar-refractivity contribution is 5.64. The summed E-state index contributed by atoms with van der Waals surface area (Å²) in [6, 6.07) is 0. The van der Waals surface area contributed by atoms with E-state index in [9.17, 15) is 9.90 Å². The Hall–Kier alpha value is -0.810. The van der Waals surface area contributed by atoms with Crippen molar-refractivity contribution in [2.45, 2.75) is 18.6 Å². The van der Waals surface area contributed by atoms with E-state index in [1.165, 1.54) is 0 Å². The molecule has 0 aromatic rings. The number of ether oxygens (including phenoxy) is 1. The number of aliphatic hydroxyl groups excluding tert-OH is 1. The Kier molecular flexibility index (Phi) is 2.67. The summed E-state index contributed by atoms with van der Waals surface area (Å²) in [5, 5.41) is 12.2. The lowest BCUT2D eigenvalue weighted by Crippen LogP contribution is -2.46. The molecule has 5 heteroatoms. The van der Waals surface area contributed by atoms with Crippen molar-refractivity contribution in [1.82, 2.24) is 5.32 Å². The van der Waals surface area contributed by atoms with Gasteiger partial charge in [0.25, 0.3) is 0 Å². The summed E-state index contributed by atoms with van der Waals surface area (Å²) in [5.41, 5.74) is 4.79. The first-order chi connectivity index (χ1) is 5.20. The van der Waals surface area contributed by atoms with E-state index < -0.39 is 18.3 Å². The molecule has 1 saturated heterocycles. The summed E-state index contributed by atoms with van der Waals surface area (Å²) < 4.78 is 4.65. The molecular weight excluding hydrogens is 148 g/mol. The smallest absolute Gasteiger partial charge is 0.404 e. The summed E-state index contributed by atoms with van der Waals surface area (Å²) in [4.78, 5) is 10.3. The molecule has 1 heterocycles. The number of amides is 1. The minimum atomic E-state index is -0.823. The van der Waals surface area contributed by atoms with E-state index in [0.29, 0.717) is 13.0 Å². The molecule has 11 heavy (non-hydrogen) atoms. The number of piperidine rings is 1. The number of hydrogen-bond donors (Lipinski definition) is 3. The number of primary amides is 1. The van der Waals surface area contributed by atoms with E-state index >= 15 is 0 Å². The van der Waals surface area contributed by atoms with Crippen molar-refractivity contribution in [3.8, 4) is 0 Å². The van der Waals surface area contributed by atoms with Gasteiger partial charge in [-0.2, -0.15) is 0 Å². The zero-order chi connectivity index (χ0) is 8.27. The van der Waals surface area contributed by atoms with Crippen LogP contribution in [0.4, 0.5) is 4.79 Å². The number of carbonyl (C=O) groups excluding carboxylic acids is 1. The lowest BCUT2D eigenvalue weighted by molar-refractivity contribution is -0.0101. The highest BCUT2D eigenvalue weighted by atomic mass is 16.6. The predicted octanol–water partition coefficient (Wildman–Crippen LogP) is -1.20. The van der Waals surface area contributed by atoms with E-state index in [2.05, 4.69) is 10.1 Å². The van der Waals surface area contributed by atoms with Crippen molar-refractivity contribution in [2.75, 3.05) is 13.1 Å². The van der Waals surface area contributed by atoms with Crippen LogP contribution >= 0.6 is 0 Å². The quantitative estimate of drug-likeness (QED) is 0.450. The Bertz CT molecular complexity index is 151. The third-order valence-electron chi connectivity index (χ3n) is 1.66. The van der Waals surface area contributed by atoms with Crippen molar-refractivity contribution < 1.29 is 14.6 Å². The van der Waals surface area contributed by atoms with Gasteiger partial charge in [0.05, 0.1) is 0 Å². The molecule has 2 atom stereocenters. The Morgan fingerprint density at radius 1 is 1.73 bits per heavy atom. The summed E-state index contributed by atoms with van der Waals surface area (Å²) in [5.74, 6) is 0. The van der Waals surface area contributed by atoms with Crippen LogP contribution in [-0.4, -0.2) is 36.5 Å². The van der Waals surface area contributed by atoms with Crippen molar-refractivity contribution in [3.63, 3.8) is 0 Å². The Labute approximate surface area is 64.5 Å². The van der Waals surface area contributed by atoms with Crippen LogP contribution in [0.2, 0.25) is 0 Å². The van der Waals surface area contributed by atoms with Crippen molar-refractivity contribution >= 4 is 6.09 Å². The van der Waals surface area contributed by atoms with E-state index in [-0.39, 0.29) is 0 Å². The number of β-amino-alcohol motifs (C(OH)–C–C–N with tert-alkyl or cyclic N) is 1. The number of aliphatic hydroxyl groups is 1. The zero-order valence-corrected chi connectivity index (χ0v) is 6.12. The molecule has 5 nitrogen and oxygen atoms in total. The molecule has 4 N–H and O–H groups in total. The monoisotopic (exact) mass is 160 g/mol. The average Bonchev–Trinajstić information content (AvgIpc) is 1.93. The zero-order valence-electron chi connectivity index (χ0n) is 6.12. The Morgan fingerprint density at radius 2 is 2.45 bits per heavy atom. The van der Waals surface area contributed by atoms with E-state index in [1.54, 1.807) is 0 Å². The maximum atomic E-state index is 10.3. The van der Waals surface area contributed by atoms with Crippen LogP contribution in [0.3, 0.4) is 0 Å². The fourth-order valence-corrected chi connectivity index (χ4v) is 1.10. The molecule has 1 amide bonds. The van der Waals surface area contributed by atoms with Gasteiger partial charge in [-0.15, -0.1) is 0 Å². The second-order valence-corrected chi connectivity index (χ2v) is 2.54. The molecule has 1 fully saturated rings. The molecule has 0 spiro atoms. The third-order valence-corrected chi connectivity index (χ3v) is 1.66. The van der Waals surface area contributed by atoms with Gasteiger partial charge < -0.3 is 20.9 Å². The molecule has 0 aliphatic carbocycles. The van der Waals surface area contributed by atoms with Crippen molar-refractivity contribution in [1.29, 1.82) is 0 Å². The number of hydrogen-bond acceptors (Lipinski definition) is 4. The van der Waals surface area contributed by atoms with Gasteiger partial charge in [-0.3, -0.25) is 0 Å². The number of nitrogens with one attached hydrogen (secondary N) is 1. The first kappa shape index (κ1) is 8.29. The Balaban J connectivity index is 2.35. The number of nitrogens with two attached hydrogens (primary N) is 1. The molecule has 0 aromatic heterocycles. The molecule has 0 radical (unpaired) electrons. The standard InChI is InChI=1S/C6H12N2O3/c7-6(10)11-5-1-2-8-3-4(5)9/h4-5,8-9H,1-3H2,(H2,7,10)/t4-,5-/m0/s1. The van der Waals surface area contributed by atoms with Crippen LogP contribution in [0, 0.1) is 0 Å². The molecule has 64 valence electrons. The third kappa shape index (κ3) is 2.36. The molecule has 0 bridgehead atoms. The van der Waals surface area contributed by atoms with Crippen molar-refractivity contribution in [2.24, 2.45) is 5.73 Å². The summed E-state index contributed by atoms with van der Waals surface area (Å²) in [6.45, 7) is 1.20. The van der Waals surface area contributed by atoms with Crippen LogP contribution in [0.25, 0.3) is 0 Å². The van der Waals surface area contributed by atoms with Crippen molar-refractivity contribution in [3.05, 3.63) is 0 Å². The van der Waals surface area contributed by atoms with E-state index in [0.717, 1.165) is 6.54 Å². The van der Waals surface area contributed by atoms with Gasteiger partial charge in [0.1, 0.15) is 12.2 Å². The summed E-state index contributed by atoms with van der Waals surface area (Å²) in [6.07, 6.45) is -1.27. The summed E-state index contributed by atoms with van der Waals surface area (Å²) >= 11 is 0. The normalized spacial score (nSPS) is 31.4. The lowest BCUT2D eigenvalue weighted by Gasteiger charge is -2.27. The second kappa shape index (κ2) is 3.54. The fraction of sp³-hybridized carbons (Fsp3) is 0.833. The van der Waals surface area contributed by atoms with Gasteiger partial charge in [0.15, 0.2) is 0 Å². The Morgan fingerprint density at radius 3 is 3.00 bits per heavy atom. The van der Waals surface area contributed by atoms with Gasteiger partial charge >= 0.3 is 6.09 Å². The molecule has 1 aliphatic heterocycles. The minimum Gasteiger partial charge on any atom is -0.444 e. The molecule has 0 unspecified atom stereocenters. The average molecular weight is 160 g/mol. The predicted molar refractivity (Wildman–Crippen MR) is 37.9 cm³/mol. The van der Waals surface area contributed by atoms with Gasteiger partial charge in [0.2, 0.25) is 0 Å². The molecule has 0 saturated carbocycles. The molecule has 0 aromatic carbocycles. The minimum absolute atomic E-state index is 0.436. The molecular formula is C6H12N2O3. The maximum Gasteiger partial charge on any atom is 0.404 e. The van der Waals surface area contributed by atoms with E-state index in [1.807, 2.05) is 0 Å². The van der Waals surface area contributed by atoms with Gasteiger partial charge in [-0.05, 0) is 13.0 Å². The van der Waals surface area contributed by atoms with Gasteiger partial charge in [0, 0.05) is 6.54 Å². The van der Waals surface area contributed by atoms with Crippen LogP contribution in [0.15, 0.2) is 0 Å². The number of rotatable bonds is 1. The molecule has 1 rings (SSSR count). The van der Waals surface area contributed by atoms with Gasteiger partial charge in [-0.1, -0.05) is 0 Å². The maximum absolute atomic E-state index is 10.3. The summed E-state index contributed by atoms with van der Waals surface area (Å²) in [7, 11) is 0. The van der Waals surface area contributed by atoms with Crippen LogP contribution in [0.1, 0.15) is 6.42 Å². The SMILES string of the molecule is NC(=O)O[C@H]1CCNC[C@@H]1O. The fourth-order valence-electron chi connectivity index (χ4n) is 1.10. The van der Waals surface area contributed by atoms with E-state index in [4.69, 9.17) is 5.73 Å². The van der Waals surface area contributed by atoms with Gasteiger partial charge in [-0.25, -0.2) is 4.79 Å². The van der Waals surface area contributed by atoms with Crippen LogP contribution in [0.5, 0.6) is 0 Å². The number of carbonyl (C=O) groups is 1. The largest absolute Gasteiger partial charge is 0.444 e. The second-order valence-electron chi connectivity index (χ2n) is 2.54. The van der Waals surface area contributed by atoms with Crippen LogP contribution < -0.4 is 11.1 Å². The highest BCUT2D eigenvalue weighted by Gasteiger charge is 2.25. The topological polar surface area (TPSA) is 84.6 Å². The first-order valence-corrected chi connectivity index (χ1v) is 3.55. The lowest BCUT2D eigenvalue weighted by atomic mass is 10.1. The molecule has 1 aliphatic rings. The first-order valence-electron chi connectivity index (χ1n) is 3.55. The van der Waals surface area contributed by atoms with Crippen LogP contribution in [-0.2, 0) is 4.74 Å². The highest BCUT2D eigenvalue weighted by Crippen LogP contribution is 2.07.